The minimum atomic E-state index is -0.739. The van der Waals surface area contributed by atoms with Crippen molar-refractivity contribution in [1.29, 1.82) is 0 Å². The average Bonchev–Trinajstić information content (AvgIpc) is 3.16. The number of carbonyl (C=O) groups excluding carboxylic acids is 1. The Bertz CT molecular complexity index is 1040. The lowest BCUT2D eigenvalue weighted by Gasteiger charge is -2.05. The fraction of sp³-hybridized carbons (Fsp3) is 0.176. The summed E-state index contributed by atoms with van der Waals surface area (Å²) in [7, 11) is 0. The fourth-order valence-electron chi connectivity index (χ4n) is 2.63. The molecule has 0 radical (unpaired) electrons. The number of benzene rings is 1. The Morgan fingerprint density at radius 2 is 2.07 bits per heavy atom. The van der Waals surface area contributed by atoms with Crippen LogP contribution in [0.4, 0.5) is 20.2 Å². The zero-order valence-electron chi connectivity index (χ0n) is 14.3. The summed E-state index contributed by atoms with van der Waals surface area (Å²) >= 11 is 1.13. The highest BCUT2D eigenvalue weighted by molar-refractivity contribution is 7.12. The summed E-state index contributed by atoms with van der Waals surface area (Å²) in [5.41, 5.74) is 1.16. The Morgan fingerprint density at radius 1 is 1.33 bits per heavy atom. The van der Waals surface area contributed by atoms with E-state index in [4.69, 9.17) is 0 Å². The first kappa shape index (κ1) is 18.6. The second-order valence-corrected chi connectivity index (χ2v) is 6.74. The second-order valence-electron chi connectivity index (χ2n) is 5.83. The van der Waals surface area contributed by atoms with Gasteiger partial charge in [-0.3, -0.25) is 19.6 Å². The molecule has 0 atom stereocenters. The number of nitrogens with zero attached hydrogens (tertiary/aromatic N) is 3. The normalized spacial score (nSPS) is 10.8. The van der Waals surface area contributed by atoms with E-state index in [2.05, 4.69) is 10.4 Å². The molecule has 0 saturated heterocycles. The van der Waals surface area contributed by atoms with Crippen molar-refractivity contribution in [2.45, 2.75) is 20.4 Å². The van der Waals surface area contributed by atoms with E-state index in [-0.39, 0.29) is 17.9 Å². The third kappa shape index (κ3) is 3.85. The first-order valence-corrected chi connectivity index (χ1v) is 8.66. The lowest BCUT2D eigenvalue weighted by Crippen LogP contribution is -2.11. The SMILES string of the molecule is Cc1nn(Cc2csc(C(=O)Nc3cc(F)ccc3F)c2)c(C)c1[N+](=O)[O-]. The molecule has 0 unspecified atom stereocenters. The van der Waals surface area contributed by atoms with Crippen molar-refractivity contribution >= 4 is 28.6 Å². The number of hydrogen-bond acceptors (Lipinski definition) is 5. The van der Waals surface area contributed by atoms with Crippen molar-refractivity contribution in [1.82, 2.24) is 9.78 Å². The molecule has 0 aliphatic carbocycles. The molecule has 7 nitrogen and oxygen atoms in total. The van der Waals surface area contributed by atoms with Crippen LogP contribution in [0.1, 0.15) is 26.6 Å². The van der Waals surface area contributed by atoms with Crippen LogP contribution in [0.2, 0.25) is 0 Å². The standard InChI is InChI=1S/C17H14F2N4O3S/c1-9-16(23(25)26)10(2)22(21-9)7-11-5-15(27-8-11)17(24)20-14-6-12(18)3-4-13(14)19/h3-6,8H,7H2,1-2H3,(H,20,24). The van der Waals surface area contributed by atoms with E-state index in [1.165, 1.54) is 4.68 Å². The van der Waals surface area contributed by atoms with Gasteiger partial charge in [-0.25, -0.2) is 8.78 Å². The van der Waals surface area contributed by atoms with Crippen molar-refractivity contribution < 1.29 is 18.5 Å². The van der Waals surface area contributed by atoms with Crippen LogP contribution >= 0.6 is 11.3 Å². The summed E-state index contributed by atoms with van der Waals surface area (Å²) in [6.45, 7) is 3.41. The van der Waals surface area contributed by atoms with Crippen molar-refractivity contribution in [2.75, 3.05) is 5.32 Å². The van der Waals surface area contributed by atoms with Gasteiger partial charge >= 0.3 is 5.69 Å². The molecule has 0 bridgehead atoms. The number of carbonyl (C=O) groups is 1. The van der Waals surface area contributed by atoms with E-state index in [9.17, 15) is 23.7 Å². The van der Waals surface area contributed by atoms with Gasteiger partial charge in [0.25, 0.3) is 5.91 Å². The maximum Gasteiger partial charge on any atom is 0.312 e. The van der Waals surface area contributed by atoms with E-state index in [0.717, 1.165) is 29.5 Å². The van der Waals surface area contributed by atoms with Gasteiger partial charge in [-0.2, -0.15) is 5.10 Å². The summed E-state index contributed by atoms with van der Waals surface area (Å²) < 4.78 is 28.3. The maximum atomic E-state index is 13.6. The van der Waals surface area contributed by atoms with Gasteiger partial charge in [0.1, 0.15) is 23.0 Å². The number of aryl methyl sites for hydroxylation is 1. The molecule has 10 heteroatoms. The van der Waals surface area contributed by atoms with E-state index >= 15 is 0 Å². The van der Waals surface area contributed by atoms with Gasteiger partial charge in [-0.15, -0.1) is 11.3 Å². The minimum absolute atomic E-state index is 0.0372. The van der Waals surface area contributed by atoms with Crippen molar-refractivity contribution in [3.8, 4) is 0 Å². The topological polar surface area (TPSA) is 90.1 Å². The maximum absolute atomic E-state index is 13.6. The van der Waals surface area contributed by atoms with Gasteiger partial charge in [0.2, 0.25) is 0 Å². The largest absolute Gasteiger partial charge is 0.319 e. The molecule has 2 aromatic heterocycles. The van der Waals surface area contributed by atoms with Gasteiger partial charge in [0.05, 0.1) is 22.0 Å². The second kappa shape index (κ2) is 7.23. The average molecular weight is 392 g/mol. The number of halogens is 2. The van der Waals surface area contributed by atoms with Crippen LogP contribution in [-0.2, 0) is 6.54 Å². The molecular formula is C17H14F2N4O3S. The molecule has 1 amide bonds. The highest BCUT2D eigenvalue weighted by Gasteiger charge is 2.22. The number of thiophene rings is 1. The number of rotatable bonds is 5. The third-order valence-electron chi connectivity index (χ3n) is 3.91. The highest BCUT2D eigenvalue weighted by atomic mass is 32.1. The monoisotopic (exact) mass is 392 g/mol. The van der Waals surface area contributed by atoms with Crippen molar-refractivity contribution in [3.63, 3.8) is 0 Å². The van der Waals surface area contributed by atoms with Gasteiger partial charge in [0.15, 0.2) is 0 Å². The van der Waals surface area contributed by atoms with Crippen LogP contribution in [0.3, 0.4) is 0 Å². The number of amides is 1. The predicted octanol–water partition coefficient (Wildman–Crippen LogP) is 4.05. The van der Waals surface area contributed by atoms with Crippen LogP contribution < -0.4 is 5.32 Å². The summed E-state index contributed by atoms with van der Waals surface area (Å²) in [4.78, 5) is 23.1. The fourth-order valence-corrected chi connectivity index (χ4v) is 3.43. The Hall–Kier alpha value is -3.14. The lowest BCUT2D eigenvalue weighted by molar-refractivity contribution is -0.386. The smallest absolute Gasteiger partial charge is 0.312 e. The van der Waals surface area contributed by atoms with Crippen LogP contribution in [0.5, 0.6) is 0 Å². The third-order valence-corrected chi connectivity index (χ3v) is 4.89. The van der Waals surface area contributed by atoms with E-state index < -0.39 is 22.5 Å². The number of hydrogen-bond donors (Lipinski definition) is 1. The van der Waals surface area contributed by atoms with Crippen LogP contribution in [0.25, 0.3) is 0 Å². The van der Waals surface area contributed by atoms with Crippen LogP contribution in [0, 0.1) is 35.6 Å². The summed E-state index contributed by atoms with van der Waals surface area (Å²) in [5, 5.41) is 19.3. The quantitative estimate of drug-likeness (QED) is 0.524. The van der Waals surface area contributed by atoms with Gasteiger partial charge < -0.3 is 5.32 Å². The first-order chi connectivity index (χ1) is 12.8. The van der Waals surface area contributed by atoms with Crippen LogP contribution in [-0.4, -0.2) is 20.6 Å². The molecule has 3 aromatic rings. The number of nitro groups is 1. The number of nitrogens with one attached hydrogen (secondary N) is 1. The van der Waals surface area contributed by atoms with Crippen molar-refractivity contribution in [3.05, 3.63) is 73.2 Å². The number of aromatic nitrogens is 2. The molecule has 0 saturated carbocycles. The molecule has 3 rings (SSSR count). The van der Waals surface area contributed by atoms with Gasteiger partial charge in [-0.05, 0) is 43.0 Å². The number of anilines is 1. The first-order valence-electron chi connectivity index (χ1n) is 7.78. The molecule has 0 spiro atoms. The Kier molecular flexibility index (Phi) is 5.00. The molecule has 140 valence electrons. The van der Waals surface area contributed by atoms with Crippen LogP contribution in [0.15, 0.2) is 29.6 Å². The van der Waals surface area contributed by atoms with Crippen molar-refractivity contribution in [2.24, 2.45) is 0 Å². The lowest BCUT2D eigenvalue weighted by atomic mass is 10.2. The van der Waals surface area contributed by atoms with Gasteiger partial charge in [0, 0.05) is 6.07 Å². The molecule has 1 aromatic carbocycles. The molecular weight excluding hydrogens is 378 g/mol. The highest BCUT2D eigenvalue weighted by Crippen LogP contribution is 2.24. The summed E-state index contributed by atoms with van der Waals surface area (Å²) in [6, 6.07) is 4.37. The summed E-state index contributed by atoms with van der Waals surface area (Å²) in [6.07, 6.45) is 0. The zero-order chi connectivity index (χ0) is 19.7. The van der Waals surface area contributed by atoms with Gasteiger partial charge in [-0.1, -0.05) is 0 Å². The zero-order valence-corrected chi connectivity index (χ0v) is 15.1. The Morgan fingerprint density at radius 3 is 2.74 bits per heavy atom. The Balaban J connectivity index is 1.77. The van der Waals surface area contributed by atoms with E-state index in [1.807, 2.05) is 0 Å². The summed E-state index contributed by atoms with van der Waals surface area (Å²) in [5.74, 6) is -1.98. The molecule has 0 fully saturated rings. The predicted molar refractivity (Wildman–Crippen MR) is 96.1 cm³/mol. The molecule has 2 heterocycles. The Labute approximate surface area is 156 Å². The molecule has 27 heavy (non-hydrogen) atoms. The van der Waals surface area contributed by atoms with E-state index in [1.54, 1.807) is 25.3 Å². The molecule has 1 N–H and O–H groups in total. The molecule has 0 aliphatic heterocycles. The van der Waals surface area contributed by atoms with E-state index in [0.29, 0.717) is 21.8 Å². The minimum Gasteiger partial charge on any atom is -0.319 e. The molecule has 0 aliphatic rings.